The molecule has 1 rings (SSSR count). The van der Waals surface area contributed by atoms with Gasteiger partial charge in [-0.15, -0.1) is 4.72 Å². The topological polar surface area (TPSA) is 126 Å². The van der Waals surface area contributed by atoms with Crippen LogP contribution in [0.3, 0.4) is 0 Å². The van der Waals surface area contributed by atoms with Crippen LogP contribution >= 0.6 is 0 Å². The third-order valence-corrected chi connectivity index (χ3v) is 6.80. The molecule has 1 aromatic rings. The SMILES string of the molecule is CC(C)(C)[S+]([O-])NCCCCc1ccc(OCCOCCOCCOCCOCCOCCOCCN)cc1. The van der Waals surface area contributed by atoms with Gasteiger partial charge in [0, 0.05) is 24.5 Å². The van der Waals surface area contributed by atoms with Gasteiger partial charge in [-0.05, 0) is 57.7 Å². The van der Waals surface area contributed by atoms with Crippen molar-refractivity contribution < 1.29 is 37.7 Å². The third kappa shape index (κ3) is 22.4. The zero-order chi connectivity index (χ0) is 28.4. The Morgan fingerprint density at radius 1 is 0.667 bits per heavy atom. The Kier molecular flexibility index (Phi) is 22.9. The van der Waals surface area contributed by atoms with Crippen molar-refractivity contribution in [2.24, 2.45) is 5.73 Å². The molecule has 0 bridgehead atoms. The molecule has 0 aliphatic rings. The largest absolute Gasteiger partial charge is 0.598 e. The zero-order valence-corrected chi connectivity index (χ0v) is 25.1. The molecule has 0 amide bonds. The van der Waals surface area contributed by atoms with E-state index in [9.17, 15) is 4.55 Å². The average molecular weight is 577 g/mol. The quantitative estimate of drug-likeness (QED) is 0.119. The monoisotopic (exact) mass is 576 g/mol. The number of aryl methyl sites for hydroxylation is 1. The number of hydrogen-bond acceptors (Lipinski definition) is 10. The van der Waals surface area contributed by atoms with Crippen LogP contribution in [0.25, 0.3) is 0 Å². The molecule has 1 atom stereocenters. The number of hydrogen-bond donors (Lipinski definition) is 2. The molecule has 0 aliphatic carbocycles. The zero-order valence-electron chi connectivity index (χ0n) is 24.3. The van der Waals surface area contributed by atoms with Crippen LogP contribution in [-0.2, 0) is 46.2 Å². The molecular formula is C28H52N2O8S. The Balaban J connectivity index is 1.84. The Labute approximate surface area is 238 Å². The fourth-order valence-electron chi connectivity index (χ4n) is 3.09. The number of unbranched alkanes of at least 4 members (excludes halogenated alkanes) is 1. The van der Waals surface area contributed by atoms with Crippen molar-refractivity contribution in [3.8, 4) is 5.75 Å². The summed E-state index contributed by atoms with van der Waals surface area (Å²) in [7, 11) is 0. The maximum atomic E-state index is 12.0. The maximum absolute atomic E-state index is 12.0. The molecule has 228 valence electrons. The molecule has 0 radical (unpaired) electrons. The lowest BCUT2D eigenvalue weighted by Crippen LogP contribution is -2.39. The van der Waals surface area contributed by atoms with E-state index in [-0.39, 0.29) is 4.75 Å². The molecule has 0 saturated heterocycles. The third-order valence-electron chi connectivity index (χ3n) is 5.22. The summed E-state index contributed by atoms with van der Waals surface area (Å²) in [6.45, 7) is 14.1. The number of nitrogens with one attached hydrogen (secondary N) is 1. The normalized spacial score (nSPS) is 12.6. The van der Waals surface area contributed by atoms with Gasteiger partial charge in [0.15, 0.2) is 0 Å². The standard InChI is InChI=1S/C28H52N2O8S/c1-28(2,3)39(31)30-12-5-4-6-26-7-9-27(10-8-26)38-25-24-37-23-22-36-21-20-35-19-18-34-17-16-33-15-14-32-13-11-29/h7-10,30H,4-6,11-25,29H2,1-3H3. The number of ether oxygens (including phenoxy) is 7. The summed E-state index contributed by atoms with van der Waals surface area (Å²) in [6, 6.07) is 8.17. The minimum Gasteiger partial charge on any atom is -0.598 e. The lowest BCUT2D eigenvalue weighted by molar-refractivity contribution is -0.0175. The molecule has 39 heavy (non-hydrogen) atoms. The van der Waals surface area contributed by atoms with E-state index in [1.807, 2.05) is 32.9 Å². The van der Waals surface area contributed by atoms with Gasteiger partial charge in [-0.1, -0.05) is 12.1 Å². The molecule has 1 unspecified atom stereocenters. The summed E-state index contributed by atoms with van der Waals surface area (Å²) in [5.41, 5.74) is 6.60. The summed E-state index contributed by atoms with van der Waals surface area (Å²) in [5.74, 6) is 0.836. The second-order valence-corrected chi connectivity index (χ2v) is 11.7. The molecule has 0 saturated carbocycles. The molecular weight excluding hydrogens is 524 g/mol. The van der Waals surface area contributed by atoms with Gasteiger partial charge in [0.05, 0.1) is 79.3 Å². The second kappa shape index (κ2) is 24.8. The first kappa shape index (κ1) is 36.0. The summed E-state index contributed by atoms with van der Waals surface area (Å²) in [5, 5.41) is 0. The van der Waals surface area contributed by atoms with E-state index in [0.717, 1.165) is 31.6 Å². The van der Waals surface area contributed by atoms with Gasteiger partial charge in [-0.3, -0.25) is 0 Å². The molecule has 0 spiro atoms. The van der Waals surface area contributed by atoms with E-state index in [4.69, 9.17) is 38.9 Å². The van der Waals surface area contributed by atoms with Crippen molar-refractivity contribution in [1.82, 2.24) is 4.72 Å². The van der Waals surface area contributed by atoms with Crippen LogP contribution in [0.4, 0.5) is 0 Å². The van der Waals surface area contributed by atoms with Crippen LogP contribution < -0.4 is 15.2 Å². The van der Waals surface area contributed by atoms with Crippen molar-refractivity contribution in [2.75, 3.05) is 99.0 Å². The van der Waals surface area contributed by atoms with Crippen LogP contribution in [0.5, 0.6) is 5.75 Å². The first-order chi connectivity index (χ1) is 18.9. The summed E-state index contributed by atoms with van der Waals surface area (Å²) >= 11 is -1.00. The van der Waals surface area contributed by atoms with Crippen LogP contribution in [-0.4, -0.2) is 108 Å². The molecule has 0 aliphatic heterocycles. The highest BCUT2D eigenvalue weighted by Crippen LogP contribution is 2.15. The fraction of sp³-hybridized carbons (Fsp3) is 0.786. The summed E-state index contributed by atoms with van der Waals surface area (Å²) in [6.07, 6.45) is 3.04. The van der Waals surface area contributed by atoms with Gasteiger partial charge >= 0.3 is 0 Å². The second-order valence-electron chi connectivity index (χ2n) is 9.69. The number of nitrogens with two attached hydrogens (primary N) is 1. The first-order valence-electron chi connectivity index (χ1n) is 14.0. The minimum absolute atomic E-state index is 0.223. The Morgan fingerprint density at radius 3 is 1.54 bits per heavy atom. The van der Waals surface area contributed by atoms with Crippen molar-refractivity contribution >= 4 is 11.4 Å². The number of rotatable bonds is 27. The lowest BCUT2D eigenvalue weighted by Gasteiger charge is -2.23. The molecule has 3 N–H and O–H groups in total. The highest BCUT2D eigenvalue weighted by Gasteiger charge is 2.25. The van der Waals surface area contributed by atoms with E-state index in [1.54, 1.807) is 0 Å². The molecule has 1 aromatic carbocycles. The smallest absolute Gasteiger partial charge is 0.136 e. The Hall–Kier alpha value is -0.990. The molecule has 0 heterocycles. The van der Waals surface area contributed by atoms with Crippen LogP contribution in [0.15, 0.2) is 24.3 Å². The molecule has 10 nitrogen and oxygen atoms in total. The van der Waals surface area contributed by atoms with Gasteiger partial charge in [-0.25, -0.2) is 0 Å². The van der Waals surface area contributed by atoms with E-state index in [2.05, 4.69) is 16.9 Å². The van der Waals surface area contributed by atoms with Gasteiger partial charge < -0.3 is 43.4 Å². The van der Waals surface area contributed by atoms with Crippen LogP contribution in [0.2, 0.25) is 0 Å². The van der Waals surface area contributed by atoms with E-state index >= 15 is 0 Å². The molecule has 0 aromatic heterocycles. The van der Waals surface area contributed by atoms with E-state index in [0.29, 0.717) is 92.4 Å². The number of benzene rings is 1. The summed E-state index contributed by atoms with van der Waals surface area (Å²) in [4.78, 5) is 0. The van der Waals surface area contributed by atoms with Crippen LogP contribution in [0, 0.1) is 0 Å². The fourth-order valence-corrected chi connectivity index (χ4v) is 3.85. The van der Waals surface area contributed by atoms with Crippen LogP contribution in [0.1, 0.15) is 39.2 Å². The average Bonchev–Trinajstić information content (AvgIpc) is 2.92. The highest BCUT2D eigenvalue weighted by atomic mass is 32.2. The Morgan fingerprint density at radius 2 is 1.10 bits per heavy atom. The van der Waals surface area contributed by atoms with Crippen molar-refractivity contribution in [1.29, 1.82) is 0 Å². The molecule has 0 fully saturated rings. The van der Waals surface area contributed by atoms with Gasteiger partial charge in [0.1, 0.15) is 17.1 Å². The first-order valence-corrected chi connectivity index (χ1v) is 15.1. The summed E-state index contributed by atoms with van der Waals surface area (Å²) < 4.78 is 53.1. The lowest BCUT2D eigenvalue weighted by atomic mass is 10.1. The van der Waals surface area contributed by atoms with Crippen molar-refractivity contribution in [3.63, 3.8) is 0 Å². The van der Waals surface area contributed by atoms with E-state index in [1.165, 1.54) is 5.56 Å². The van der Waals surface area contributed by atoms with E-state index < -0.39 is 11.4 Å². The van der Waals surface area contributed by atoms with Gasteiger partial charge in [0.2, 0.25) is 0 Å². The predicted molar refractivity (Wildman–Crippen MR) is 155 cm³/mol. The maximum Gasteiger partial charge on any atom is 0.136 e. The van der Waals surface area contributed by atoms with Gasteiger partial charge in [-0.2, -0.15) is 0 Å². The van der Waals surface area contributed by atoms with Crippen molar-refractivity contribution in [3.05, 3.63) is 29.8 Å². The predicted octanol–water partition coefficient (Wildman–Crippen LogP) is 2.50. The highest BCUT2D eigenvalue weighted by molar-refractivity contribution is 7.90. The molecule has 11 heteroatoms. The minimum atomic E-state index is -1.00. The van der Waals surface area contributed by atoms with Crippen molar-refractivity contribution in [2.45, 2.75) is 44.8 Å². The van der Waals surface area contributed by atoms with Gasteiger partial charge in [0.25, 0.3) is 0 Å². The Bertz CT molecular complexity index is 664.